The molecular weight excluding hydrogens is 735 g/mol. The average molecular weight is 770 g/mol. The summed E-state index contributed by atoms with van der Waals surface area (Å²) in [5.41, 5.74) is 12.2. The Balaban J connectivity index is 0.925. The van der Waals surface area contributed by atoms with Crippen LogP contribution >= 0.6 is 11.3 Å². The summed E-state index contributed by atoms with van der Waals surface area (Å²) in [6.45, 7) is 0. The fourth-order valence-corrected chi connectivity index (χ4v) is 10.3. The zero-order valence-electron chi connectivity index (χ0n) is 32.0. The molecule has 0 N–H and O–H groups in total. The fourth-order valence-electron chi connectivity index (χ4n) is 8.98. The molecule has 0 atom stereocenters. The molecular formula is C56H35NOS. The maximum Gasteiger partial charge on any atom is 0.135 e. The summed E-state index contributed by atoms with van der Waals surface area (Å²) in [5.74, 6) is 0. The van der Waals surface area contributed by atoms with E-state index >= 15 is 0 Å². The molecule has 2 nitrogen and oxygen atoms in total. The minimum atomic E-state index is 0.908. The highest BCUT2D eigenvalue weighted by Crippen LogP contribution is 2.45. The highest BCUT2D eigenvalue weighted by atomic mass is 32.1. The highest BCUT2D eigenvalue weighted by Gasteiger charge is 2.17. The Morgan fingerprint density at radius 2 is 0.763 bits per heavy atom. The normalized spacial score (nSPS) is 11.7. The maximum atomic E-state index is 6.12. The Kier molecular flexibility index (Phi) is 7.75. The van der Waals surface area contributed by atoms with E-state index in [1.807, 2.05) is 23.5 Å². The molecule has 12 aromatic rings. The van der Waals surface area contributed by atoms with Crippen LogP contribution in [0.25, 0.3) is 97.0 Å². The largest absolute Gasteiger partial charge is 0.456 e. The first-order valence-electron chi connectivity index (χ1n) is 20.1. The van der Waals surface area contributed by atoms with Crippen LogP contribution in [0, 0.1) is 0 Å². The third-order valence-electron chi connectivity index (χ3n) is 11.9. The lowest BCUT2D eigenvalue weighted by molar-refractivity contribution is 0.669. The lowest BCUT2D eigenvalue weighted by Crippen LogP contribution is -2.09. The van der Waals surface area contributed by atoms with Gasteiger partial charge in [0, 0.05) is 53.4 Å². The third kappa shape index (κ3) is 5.62. The molecule has 276 valence electrons. The molecule has 2 heterocycles. The van der Waals surface area contributed by atoms with Gasteiger partial charge >= 0.3 is 0 Å². The monoisotopic (exact) mass is 769 g/mol. The predicted molar refractivity (Wildman–Crippen MR) is 253 cm³/mol. The van der Waals surface area contributed by atoms with Crippen LogP contribution < -0.4 is 4.90 Å². The fraction of sp³-hybridized carbons (Fsp3) is 0. The third-order valence-corrected chi connectivity index (χ3v) is 13.1. The van der Waals surface area contributed by atoms with Crippen LogP contribution in [0.4, 0.5) is 17.1 Å². The van der Waals surface area contributed by atoms with Crippen molar-refractivity contribution in [2.75, 3.05) is 4.90 Å². The van der Waals surface area contributed by atoms with Crippen molar-refractivity contribution in [2.45, 2.75) is 0 Å². The molecule has 2 aromatic heterocycles. The molecule has 0 saturated carbocycles. The van der Waals surface area contributed by atoms with Gasteiger partial charge in [0.2, 0.25) is 0 Å². The Hall–Kier alpha value is -7.46. The van der Waals surface area contributed by atoms with Crippen LogP contribution in [0.3, 0.4) is 0 Å². The number of rotatable bonds is 6. The highest BCUT2D eigenvalue weighted by molar-refractivity contribution is 7.27. The molecule has 0 aliphatic heterocycles. The molecule has 0 unspecified atom stereocenters. The number of benzene rings is 10. The second kappa shape index (κ2) is 13.6. The molecule has 0 aliphatic rings. The Labute approximate surface area is 345 Å². The van der Waals surface area contributed by atoms with Crippen LogP contribution in [-0.2, 0) is 0 Å². The zero-order chi connectivity index (χ0) is 38.9. The Bertz CT molecular complexity index is 3530. The molecule has 10 aromatic carbocycles. The summed E-state index contributed by atoms with van der Waals surface area (Å²) in [4.78, 5) is 2.35. The van der Waals surface area contributed by atoms with Crippen LogP contribution in [0.5, 0.6) is 0 Å². The molecule has 0 amide bonds. The first kappa shape index (κ1) is 33.7. The lowest BCUT2D eigenvalue weighted by Gasteiger charge is -2.26. The van der Waals surface area contributed by atoms with E-state index in [0.717, 1.165) is 50.1 Å². The van der Waals surface area contributed by atoms with Crippen molar-refractivity contribution in [1.82, 2.24) is 0 Å². The summed E-state index contributed by atoms with van der Waals surface area (Å²) in [6, 6.07) is 76.8. The van der Waals surface area contributed by atoms with E-state index in [9.17, 15) is 0 Å². The molecule has 59 heavy (non-hydrogen) atoms. The molecule has 0 aliphatic carbocycles. The van der Waals surface area contributed by atoms with Crippen molar-refractivity contribution >= 4 is 92.1 Å². The molecule has 0 fully saturated rings. The summed E-state index contributed by atoms with van der Waals surface area (Å²) in [5, 5.41) is 10.2. The number of para-hydroxylation sites is 1. The first-order chi connectivity index (χ1) is 29.2. The van der Waals surface area contributed by atoms with Crippen molar-refractivity contribution in [3.63, 3.8) is 0 Å². The minimum Gasteiger partial charge on any atom is -0.456 e. The van der Waals surface area contributed by atoms with E-state index in [0.29, 0.717) is 0 Å². The van der Waals surface area contributed by atoms with E-state index in [4.69, 9.17) is 4.42 Å². The van der Waals surface area contributed by atoms with Gasteiger partial charge in [0.15, 0.2) is 0 Å². The number of thiophene rings is 1. The van der Waals surface area contributed by atoms with Gasteiger partial charge in [-0.3, -0.25) is 0 Å². The van der Waals surface area contributed by atoms with Gasteiger partial charge in [-0.1, -0.05) is 152 Å². The van der Waals surface area contributed by atoms with Gasteiger partial charge in [0.25, 0.3) is 0 Å². The van der Waals surface area contributed by atoms with Crippen molar-refractivity contribution in [3.8, 4) is 33.4 Å². The van der Waals surface area contributed by atoms with Gasteiger partial charge in [-0.05, 0) is 110 Å². The Morgan fingerprint density at radius 3 is 1.42 bits per heavy atom. The van der Waals surface area contributed by atoms with Crippen LogP contribution in [0.1, 0.15) is 0 Å². The minimum absolute atomic E-state index is 0.908. The molecule has 0 saturated heterocycles. The van der Waals surface area contributed by atoms with Crippen molar-refractivity contribution in [3.05, 3.63) is 212 Å². The van der Waals surface area contributed by atoms with E-state index < -0.39 is 0 Å². The summed E-state index contributed by atoms with van der Waals surface area (Å²) in [6.07, 6.45) is 0. The molecule has 0 spiro atoms. The van der Waals surface area contributed by atoms with Gasteiger partial charge in [-0.2, -0.15) is 0 Å². The average Bonchev–Trinajstić information content (AvgIpc) is 3.89. The van der Waals surface area contributed by atoms with Crippen molar-refractivity contribution < 1.29 is 4.42 Å². The number of anilines is 3. The van der Waals surface area contributed by atoms with Crippen LogP contribution in [-0.4, -0.2) is 0 Å². The Morgan fingerprint density at radius 1 is 0.305 bits per heavy atom. The van der Waals surface area contributed by atoms with Gasteiger partial charge in [-0.15, -0.1) is 11.3 Å². The summed E-state index contributed by atoms with van der Waals surface area (Å²) in [7, 11) is 0. The number of fused-ring (bicyclic) bond motifs is 11. The molecule has 0 bridgehead atoms. The topological polar surface area (TPSA) is 16.4 Å². The number of nitrogens with zero attached hydrogens (tertiary/aromatic N) is 1. The van der Waals surface area contributed by atoms with E-state index in [-0.39, 0.29) is 0 Å². The summed E-state index contributed by atoms with van der Waals surface area (Å²) < 4.78 is 8.79. The molecule has 0 radical (unpaired) electrons. The van der Waals surface area contributed by atoms with Crippen molar-refractivity contribution in [1.29, 1.82) is 0 Å². The van der Waals surface area contributed by atoms with Gasteiger partial charge in [0.1, 0.15) is 11.2 Å². The smallest absolute Gasteiger partial charge is 0.135 e. The second-order valence-electron chi connectivity index (χ2n) is 15.3. The van der Waals surface area contributed by atoms with Crippen molar-refractivity contribution in [2.24, 2.45) is 0 Å². The quantitative estimate of drug-likeness (QED) is 0.157. The van der Waals surface area contributed by atoms with Gasteiger partial charge in [-0.25, -0.2) is 0 Å². The van der Waals surface area contributed by atoms with Crippen LogP contribution in [0.2, 0.25) is 0 Å². The molecule has 12 rings (SSSR count). The lowest BCUT2D eigenvalue weighted by atomic mass is 9.96. The van der Waals surface area contributed by atoms with E-state index in [2.05, 4.69) is 205 Å². The van der Waals surface area contributed by atoms with E-state index in [1.54, 1.807) is 0 Å². The van der Waals surface area contributed by atoms with E-state index in [1.165, 1.54) is 64.0 Å². The number of hydrogen-bond acceptors (Lipinski definition) is 3. The van der Waals surface area contributed by atoms with Crippen LogP contribution in [0.15, 0.2) is 217 Å². The first-order valence-corrected chi connectivity index (χ1v) is 20.9. The number of hydrogen-bond donors (Lipinski definition) is 0. The summed E-state index contributed by atoms with van der Waals surface area (Å²) >= 11 is 1.90. The second-order valence-corrected chi connectivity index (χ2v) is 16.3. The van der Waals surface area contributed by atoms with Gasteiger partial charge in [0.05, 0.1) is 0 Å². The number of furan rings is 1. The molecule has 3 heteroatoms. The standard InChI is InChI=1S/C56H35NOS/c1-2-10-36(11-3-1)37-18-26-42(27-19-37)57(43-28-20-38(21-29-43)40-25-33-53-51(34-40)47-14-8-9-17-52(47)58-53)44-30-22-39(23-31-44)41-24-32-50-54(35-41)59-56-49-16-7-5-13-46(49)45-12-4-6-15-48(45)55(50)56/h1-35H. The maximum absolute atomic E-state index is 6.12. The predicted octanol–water partition coefficient (Wildman–Crippen LogP) is 16.7. The zero-order valence-corrected chi connectivity index (χ0v) is 32.8. The SMILES string of the molecule is c1ccc(-c2ccc(N(c3ccc(-c4ccc5c(c4)sc4c6ccccc6c6ccccc6c54)cc3)c3ccc(-c4ccc5oc6ccccc6c5c4)cc3)cc2)cc1. The van der Waals surface area contributed by atoms with Gasteiger partial charge < -0.3 is 9.32 Å².